The monoisotopic (exact) mass is 332 g/mol. The Bertz CT molecular complexity index is 719. The van der Waals surface area contributed by atoms with E-state index in [1.165, 1.54) is 18.2 Å². The lowest BCUT2D eigenvalue weighted by Gasteiger charge is -2.15. The van der Waals surface area contributed by atoms with Gasteiger partial charge in [0, 0.05) is 24.4 Å². The van der Waals surface area contributed by atoms with Crippen LogP contribution in [0.1, 0.15) is 5.56 Å². The van der Waals surface area contributed by atoms with Crippen LogP contribution >= 0.6 is 12.2 Å². The summed E-state index contributed by atoms with van der Waals surface area (Å²) >= 11 is 5.13. The zero-order chi connectivity index (χ0) is 16.8. The summed E-state index contributed by atoms with van der Waals surface area (Å²) in [6.07, 6.45) is 0. The predicted octanol–water partition coefficient (Wildman–Crippen LogP) is 2.16. The Morgan fingerprint density at radius 2 is 1.96 bits per heavy atom. The molecular weight excluding hydrogens is 318 g/mol. The Morgan fingerprint density at radius 3 is 2.57 bits per heavy atom. The quantitative estimate of drug-likeness (QED) is 0.492. The summed E-state index contributed by atoms with van der Waals surface area (Å²) in [5, 5.41) is 28.5. The molecule has 0 atom stereocenters. The number of non-ortho nitro benzene ring substituents is 1. The van der Waals surface area contributed by atoms with Crippen LogP contribution < -0.4 is 20.5 Å². The number of nitrogens with zero attached hydrogens (tertiary/aromatic N) is 1. The van der Waals surface area contributed by atoms with Crippen molar-refractivity contribution >= 4 is 28.7 Å². The van der Waals surface area contributed by atoms with Gasteiger partial charge in [0.25, 0.3) is 5.69 Å². The van der Waals surface area contributed by atoms with Crippen molar-refractivity contribution in [2.45, 2.75) is 6.54 Å². The van der Waals surface area contributed by atoms with E-state index in [0.29, 0.717) is 5.11 Å². The van der Waals surface area contributed by atoms with Gasteiger partial charge in [0.05, 0.1) is 12.0 Å². The second-order valence-electron chi connectivity index (χ2n) is 4.59. The van der Waals surface area contributed by atoms with Crippen molar-refractivity contribution < 1.29 is 14.8 Å². The van der Waals surface area contributed by atoms with E-state index in [-0.39, 0.29) is 23.5 Å². The van der Waals surface area contributed by atoms with E-state index in [2.05, 4.69) is 10.6 Å². The van der Waals surface area contributed by atoms with Gasteiger partial charge in [-0.15, -0.1) is 5.75 Å². The van der Waals surface area contributed by atoms with Crippen LogP contribution in [0.25, 0.3) is 0 Å². The second-order valence-corrected chi connectivity index (χ2v) is 4.99. The summed E-state index contributed by atoms with van der Waals surface area (Å²) in [5.74, 6) is 0.442. The third-order valence-electron chi connectivity index (χ3n) is 3.04. The van der Waals surface area contributed by atoms with Crippen molar-refractivity contribution in [2.24, 2.45) is 0 Å². The molecule has 0 radical (unpaired) electrons. The number of ether oxygens (including phenoxy) is 1. The molecule has 8 heteroatoms. The van der Waals surface area contributed by atoms with Crippen molar-refractivity contribution in [1.29, 1.82) is 0 Å². The summed E-state index contributed by atoms with van der Waals surface area (Å²) in [7, 11) is 1.58. The number of nitrogens with one attached hydrogen (secondary N) is 2. The fourth-order valence-corrected chi connectivity index (χ4v) is 2.03. The number of benzene rings is 2. The number of rotatable bonds is 5. The minimum atomic E-state index is -0.545. The van der Waals surface area contributed by atoms with Crippen LogP contribution in [0.2, 0.25) is 0 Å². The number of nitro benzene ring substituents is 1. The minimum absolute atomic E-state index is 0.0997. The smallest absolute Gasteiger partial charge is 0.269 e. The molecule has 0 saturated heterocycles. The maximum absolute atomic E-state index is 11.7. The number of thiocarbonyl (C=S) groups is 1. The van der Waals surface area contributed by atoms with Crippen molar-refractivity contribution in [2.75, 3.05) is 12.4 Å². The molecule has 0 unspecified atom stereocenters. The van der Waals surface area contributed by atoms with Crippen LogP contribution in [0.4, 0.5) is 11.4 Å². The van der Waals surface area contributed by atoms with Crippen molar-refractivity contribution in [3.63, 3.8) is 0 Å². The van der Waals surface area contributed by atoms with Crippen LogP contribution in [0, 0.1) is 10.1 Å². The highest BCUT2D eigenvalue weighted by Crippen LogP contribution is 2.20. The summed E-state index contributed by atoms with van der Waals surface area (Å²) in [5.41, 5.74) is 0.901. The van der Waals surface area contributed by atoms with Crippen LogP contribution in [-0.4, -0.2) is 17.1 Å². The predicted molar refractivity (Wildman–Crippen MR) is 88.6 cm³/mol. The molecule has 0 aliphatic carbocycles. The first-order valence-corrected chi connectivity index (χ1v) is 7.03. The van der Waals surface area contributed by atoms with Gasteiger partial charge in [-0.2, -0.15) is 0 Å². The highest BCUT2D eigenvalue weighted by molar-refractivity contribution is 7.80. The summed E-state index contributed by atoms with van der Waals surface area (Å²) in [6, 6.07) is 10.7. The molecule has 0 fully saturated rings. The average Bonchev–Trinajstić information content (AvgIpc) is 2.54. The molecule has 2 aromatic carbocycles. The van der Waals surface area contributed by atoms with E-state index in [9.17, 15) is 15.2 Å². The van der Waals surface area contributed by atoms with E-state index in [0.717, 1.165) is 11.4 Å². The zero-order valence-electron chi connectivity index (χ0n) is 12.2. The number of hydrogen-bond acceptors (Lipinski definition) is 5. The topological polar surface area (TPSA) is 99.5 Å². The molecule has 0 amide bonds. The molecule has 7 nitrogen and oxygen atoms in total. The highest BCUT2D eigenvalue weighted by Gasteiger charge is 2.07. The van der Waals surface area contributed by atoms with Gasteiger partial charge in [-0.25, -0.2) is 0 Å². The van der Waals surface area contributed by atoms with Gasteiger partial charge in [-0.1, -0.05) is 6.07 Å². The lowest BCUT2D eigenvalue weighted by Crippen LogP contribution is -2.28. The van der Waals surface area contributed by atoms with Crippen LogP contribution in [-0.2, 0) is 6.54 Å². The summed E-state index contributed by atoms with van der Waals surface area (Å²) < 4.78 is 5.06. The lowest BCUT2D eigenvalue weighted by atomic mass is 10.2. The lowest BCUT2D eigenvalue weighted by molar-refractivity contribution is -0.385. The van der Waals surface area contributed by atoms with E-state index < -0.39 is 4.92 Å². The number of nitro groups is 1. The molecule has 0 aromatic heterocycles. The first-order valence-electron chi connectivity index (χ1n) is 6.63. The van der Waals surface area contributed by atoms with Crippen molar-refractivity contribution in [3.8, 4) is 11.5 Å². The van der Waals surface area contributed by atoms with Gasteiger partial charge in [0.15, 0.2) is 5.11 Å². The molecule has 120 valence electrons. The Labute approximate surface area is 138 Å². The van der Waals surface area contributed by atoms with E-state index in [4.69, 9.17) is 17.0 Å². The fourth-order valence-electron chi connectivity index (χ4n) is 1.84. The Hall–Kier alpha value is -2.87. The molecule has 2 rings (SSSR count). The molecule has 0 saturated carbocycles. The molecule has 0 aliphatic rings. The van der Waals surface area contributed by atoms with Gasteiger partial charge in [-0.05, 0) is 42.0 Å². The average molecular weight is 332 g/mol. The summed E-state index contributed by atoms with van der Waals surface area (Å²) in [6.45, 7) is 0.0997. The first kappa shape index (κ1) is 16.5. The SMILES string of the molecule is COc1ccc(NC(=S)NCc2cc([N+](=O)[O-])ccc2[O-])cc1. The molecular formula is C15H14N3O4S-. The van der Waals surface area contributed by atoms with Gasteiger partial charge < -0.3 is 20.5 Å². The van der Waals surface area contributed by atoms with Gasteiger partial charge >= 0.3 is 0 Å². The van der Waals surface area contributed by atoms with Crippen LogP contribution in [0.5, 0.6) is 11.5 Å². The molecule has 2 aromatic rings. The van der Waals surface area contributed by atoms with Gasteiger partial charge in [0.2, 0.25) is 0 Å². The zero-order valence-corrected chi connectivity index (χ0v) is 13.1. The minimum Gasteiger partial charge on any atom is -0.872 e. The fraction of sp³-hybridized carbons (Fsp3) is 0.133. The van der Waals surface area contributed by atoms with Crippen LogP contribution in [0.15, 0.2) is 42.5 Å². The first-order chi connectivity index (χ1) is 11.0. The number of anilines is 1. The maximum atomic E-state index is 11.7. The maximum Gasteiger partial charge on any atom is 0.269 e. The molecule has 0 aliphatic heterocycles. The van der Waals surface area contributed by atoms with Crippen molar-refractivity contribution in [1.82, 2.24) is 5.32 Å². The Balaban J connectivity index is 1.96. The van der Waals surface area contributed by atoms with E-state index in [1.54, 1.807) is 31.4 Å². The normalized spacial score (nSPS) is 9.96. The van der Waals surface area contributed by atoms with E-state index in [1.807, 2.05) is 0 Å². The van der Waals surface area contributed by atoms with Gasteiger partial charge in [-0.3, -0.25) is 10.1 Å². The standard InChI is InChI=1S/C15H15N3O4S/c1-22-13-5-2-11(3-6-13)17-15(23)16-9-10-8-12(18(20)21)4-7-14(10)19/h2-8,19H,9H2,1H3,(H2,16,17,23)/p-1. The van der Waals surface area contributed by atoms with Crippen LogP contribution in [0.3, 0.4) is 0 Å². The highest BCUT2D eigenvalue weighted by atomic mass is 32.1. The molecule has 0 heterocycles. The summed E-state index contributed by atoms with van der Waals surface area (Å²) in [4.78, 5) is 10.2. The van der Waals surface area contributed by atoms with Gasteiger partial charge in [0.1, 0.15) is 5.75 Å². The molecule has 23 heavy (non-hydrogen) atoms. The number of hydrogen-bond donors (Lipinski definition) is 2. The second kappa shape index (κ2) is 7.41. The molecule has 0 bridgehead atoms. The molecule has 2 N–H and O–H groups in total. The largest absolute Gasteiger partial charge is 0.872 e. The third-order valence-corrected chi connectivity index (χ3v) is 3.29. The van der Waals surface area contributed by atoms with Crippen molar-refractivity contribution in [3.05, 3.63) is 58.1 Å². The Morgan fingerprint density at radius 1 is 1.26 bits per heavy atom. The van der Waals surface area contributed by atoms with E-state index >= 15 is 0 Å². The number of methoxy groups -OCH3 is 1. The molecule has 0 spiro atoms. The third kappa shape index (κ3) is 4.55. The Kier molecular flexibility index (Phi) is 5.32.